The highest BCUT2D eigenvalue weighted by molar-refractivity contribution is 5.99. The van der Waals surface area contributed by atoms with Crippen LogP contribution in [-0.4, -0.2) is 0 Å². The minimum Gasteiger partial charge on any atom is -0.0622 e. The zero-order chi connectivity index (χ0) is 21.9. The lowest BCUT2D eigenvalue weighted by Crippen LogP contribution is -1.98. The summed E-state index contributed by atoms with van der Waals surface area (Å²) < 4.78 is 0. The predicted molar refractivity (Wildman–Crippen MR) is 139 cm³/mol. The van der Waals surface area contributed by atoms with Gasteiger partial charge in [-0.25, -0.2) is 0 Å². The quantitative estimate of drug-likeness (QED) is 0.245. The summed E-state index contributed by atoms with van der Waals surface area (Å²) in [5, 5.41) is 5.39. The van der Waals surface area contributed by atoms with Crippen molar-refractivity contribution in [2.75, 3.05) is 0 Å². The van der Waals surface area contributed by atoms with Crippen LogP contribution in [0.15, 0.2) is 97.1 Å². The van der Waals surface area contributed by atoms with E-state index in [1.165, 1.54) is 54.9 Å². The molecule has 0 saturated heterocycles. The van der Waals surface area contributed by atoms with Gasteiger partial charge in [0.05, 0.1) is 0 Å². The SMILES string of the molecule is CCc1cc2cc3cc(Cc4ccccc4)c(Cc4ccccc4)cc3cc2cc1CC. The zero-order valence-corrected chi connectivity index (χ0v) is 19.1. The van der Waals surface area contributed by atoms with Gasteiger partial charge < -0.3 is 0 Å². The zero-order valence-electron chi connectivity index (χ0n) is 19.1. The smallest absolute Gasteiger partial charge is 0.00227 e. The second-order valence-electron chi connectivity index (χ2n) is 8.82. The molecule has 0 aliphatic rings. The molecule has 0 spiro atoms. The molecule has 0 heterocycles. The molecular formula is C32H30. The monoisotopic (exact) mass is 414 g/mol. The maximum Gasteiger partial charge on any atom is -0.00227 e. The van der Waals surface area contributed by atoms with E-state index in [0.29, 0.717) is 0 Å². The summed E-state index contributed by atoms with van der Waals surface area (Å²) in [5.41, 5.74) is 8.53. The molecule has 0 atom stereocenters. The highest BCUT2D eigenvalue weighted by Gasteiger charge is 2.10. The van der Waals surface area contributed by atoms with E-state index in [9.17, 15) is 0 Å². The van der Waals surface area contributed by atoms with Crippen LogP contribution in [0.25, 0.3) is 21.5 Å². The summed E-state index contributed by atoms with van der Waals surface area (Å²) in [4.78, 5) is 0. The Morgan fingerprint density at radius 3 is 1.09 bits per heavy atom. The van der Waals surface area contributed by atoms with Gasteiger partial charge in [0.1, 0.15) is 0 Å². The van der Waals surface area contributed by atoms with Gasteiger partial charge in [-0.1, -0.05) is 98.8 Å². The predicted octanol–water partition coefficient (Wildman–Crippen LogP) is 8.30. The Balaban J connectivity index is 1.67. The van der Waals surface area contributed by atoms with Crippen LogP contribution in [0.1, 0.15) is 47.2 Å². The lowest BCUT2D eigenvalue weighted by molar-refractivity contribution is 1.04. The Morgan fingerprint density at radius 1 is 0.406 bits per heavy atom. The number of rotatable bonds is 6. The molecule has 0 aliphatic carbocycles. The summed E-state index contributed by atoms with van der Waals surface area (Å²) in [6.45, 7) is 4.52. The lowest BCUT2D eigenvalue weighted by atomic mass is 9.90. The Kier molecular flexibility index (Phi) is 5.77. The van der Waals surface area contributed by atoms with Crippen LogP contribution in [0, 0.1) is 0 Å². The van der Waals surface area contributed by atoms with Crippen LogP contribution >= 0.6 is 0 Å². The molecule has 0 heteroatoms. The van der Waals surface area contributed by atoms with Crippen LogP contribution in [0.2, 0.25) is 0 Å². The van der Waals surface area contributed by atoms with Gasteiger partial charge in [-0.3, -0.25) is 0 Å². The van der Waals surface area contributed by atoms with Crippen molar-refractivity contribution < 1.29 is 0 Å². The summed E-state index contributed by atoms with van der Waals surface area (Å²) in [5.74, 6) is 0. The molecule has 158 valence electrons. The number of benzene rings is 5. The molecule has 0 N–H and O–H groups in total. The van der Waals surface area contributed by atoms with Crippen molar-refractivity contribution in [3.8, 4) is 0 Å². The van der Waals surface area contributed by atoms with Gasteiger partial charge in [0.15, 0.2) is 0 Å². The van der Waals surface area contributed by atoms with Crippen molar-refractivity contribution in [3.63, 3.8) is 0 Å². The van der Waals surface area contributed by atoms with Crippen LogP contribution < -0.4 is 0 Å². The second-order valence-corrected chi connectivity index (χ2v) is 8.82. The third-order valence-corrected chi connectivity index (χ3v) is 6.67. The highest BCUT2D eigenvalue weighted by Crippen LogP contribution is 2.30. The summed E-state index contributed by atoms with van der Waals surface area (Å²) in [7, 11) is 0. The lowest BCUT2D eigenvalue weighted by Gasteiger charge is -2.15. The van der Waals surface area contributed by atoms with E-state index in [1.807, 2.05) is 0 Å². The molecule has 0 amide bonds. The average Bonchev–Trinajstić information content (AvgIpc) is 2.83. The molecule has 0 fully saturated rings. The van der Waals surface area contributed by atoms with Crippen LogP contribution in [0.4, 0.5) is 0 Å². The first-order chi connectivity index (χ1) is 15.7. The highest BCUT2D eigenvalue weighted by atomic mass is 14.1. The van der Waals surface area contributed by atoms with E-state index in [1.54, 1.807) is 0 Å². The fourth-order valence-corrected chi connectivity index (χ4v) is 4.91. The Morgan fingerprint density at radius 2 is 0.750 bits per heavy atom. The minimum atomic E-state index is 0.964. The van der Waals surface area contributed by atoms with E-state index in [-0.39, 0.29) is 0 Å². The van der Waals surface area contributed by atoms with Gasteiger partial charge in [-0.05, 0) is 92.7 Å². The van der Waals surface area contributed by atoms with Gasteiger partial charge in [0.25, 0.3) is 0 Å². The maximum absolute atomic E-state index is 2.43. The first-order valence-electron chi connectivity index (χ1n) is 11.8. The average molecular weight is 415 g/mol. The molecule has 0 unspecified atom stereocenters. The number of hydrogen-bond donors (Lipinski definition) is 0. The van der Waals surface area contributed by atoms with Crippen molar-refractivity contribution in [1.29, 1.82) is 0 Å². The van der Waals surface area contributed by atoms with Gasteiger partial charge in [0, 0.05) is 0 Å². The molecule has 32 heavy (non-hydrogen) atoms. The van der Waals surface area contributed by atoms with Crippen molar-refractivity contribution in [2.45, 2.75) is 39.5 Å². The Hall–Kier alpha value is -3.38. The first-order valence-corrected chi connectivity index (χ1v) is 11.8. The maximum atomic E-state index is 2.43. The van der Waals surface area contributed by atoms with Crippen LogP contribution in [0.5, 0.6) is 0 Å². The number of aryl methyl sites for hydroxylation is 2. The van der Waals surface area contributed by atoms with Crippen molar-refractivity contribution in [1.82, 2.24) is 0 Å². The van der Waals surface area contributed by atoms with Gasteiger partial charge in [-0.15, -0.1) is 0 Å². The van der Waals surface area contributed by atoms with Crippen molar-refractivity contribution >= 4 is 21.5 Å². The van der Waals surface area contributed by atoms with Crippen molar-refractivity contribution in [3.05, 3.63) is 130 Å². The Bertz CT molecular complexity index is 1250. The molecule has 5 rings (SSSR count). The molecule has 5 aromatic carbocycles. The van der Waals surface area contributed by atoms with E-state index in [0.717, 1.165) is 25.7 Å². The molecule has 0 radical (unpaired) electrons. The largest absolute Gasteiger partial charge is 0.0622 e. The molecule has 0 saturated carbocycles. The normalized spacial score (nSPS) is 11.3. The third kappa shape index (κ3) is 4.18. The first kappa shape index (κ1) is 20.5. The minimum absolute atomic E-state index is 0.964. The molecular weight excluding hydrogens is 384 g/mol. The van der Waals surface area contributed by atoms with Crippen molar-refractivity contribution in [2.24, 2.45) is 0 Å². The fourth-order valence-electron chi connectivity index (χ4n) is 4.91. The summed E-state index contributed by atoms with van der Waals surface area (Å²) >= 11 is 0. The van der Waals surface area contributed by atoms with E-state index >= 15 is 0 Å². The van der Waals surface area contributed by atoms with E-state index < -0.39 is 0 Å². The summed E-state index contributed by atoms with van der Waals surface area (Å²) in [6, 6.07) is 36.1. The second kappa shape index (κ2) is 9.01. The van der Waals surface area contributed by atoms with E-state index in [2.05, 4.69) is 111 Å². The van der Waals surface area contributed by atoms with E-state index in [4.69, 9.17) is 0 Å². The number of fused-ring (bicyclic) bond motifs is 2. The number of hydrogen-bond acceptors (Lipinski definition) is 0. The van der Waals surface area contributed by atoms with Crippen LogP contribution in [-0.2, 0) is 25.7 Å². The molecule has 5 aromatic rings. The summed E-state index contributed by atoms with van der Waals surface area (Å²) in [6.07, 6.45) is 4.11. The Labute approximate surface area is 191 Å². The van der Waals surface area contributed by atoms with Gasteiger partial charge in [0.2, 0.25) is 0 Å². The molecule has 0 aromatic heterocycles. The topological polar surface area (TPSA) is 0 Å². The van der Waals surface area contributed by atoms with Crippen LogP contribution in [0.3, 0.4) is 0 Å². The third-order valence-electron chi connectivity index (χ3n) is 6.67. The molecule has 0 bridgehead atoms. The van der Waals surface area contributed by atoms with Gasteiger partial charge >= 0.3 is 0 Å². The molecule has 0 aliphatic heterocycles. The molecule has 0 nitrogen and oxygen atoms in total. The fraction of sp³-hybridized carbons (Fsp3) is 0.188. The standard InChI is InChI=1S/C32H30/c1-3-25-17-29-21-31-19-27(15-23-11-7-5-8-12-23)28(16-24-13-9-6-10-14-24)20-32(31)22-30(29)18-26(25)4-2/h5-14,17-22H,3-4,15-16H2,1-2H3. The van der Waals surface area contributed by atoms with Gasteiger partial charge in [-0.2, -0.15) is 0 Å².